The molecule has 1 aromatic heterocycles. The lowest BCUT2D eigenvalue weighted by atomic mass is 10.1. The van der Waals surface area contributed by atoms with Crippen LogP contribution in [0.1, 0.15) is 47.5 Å². The molecule has 0 saturated carbocycles. The van der Waals surface area contributed by atoms with Crippen LogP contribution in [0.25, 0.3) is 0 Å². The Bertz CT molecular complexity index is 407. The van der Waals surface area contributed by atoms with Gasteiger partial charge in [0.2, 0.25) is 6.33 Å². The molecule has 0 aliphatic rings. The van der Waals surface area contributed by atoms with E-state index in [-0.39, 0.29) is 0 Å². The van der Waals surface area contributed by atoms with Gasteiger partial charge < -0.3 is 13.3 Å². The van der Waals surface area contributed by atoms with Gasteiger partial charge in [-0.2, -0.15) is 0 Å². The molecule has 1 aromatic rings. The highest BCUT2D eigenvalue weighted by atomic mass is 28.4. The Hall–Kier alpha value is -0.693. The molecule has 23 heavy (non-hydrogen) atoms. The normalized spacial score (nSPS) is 12.3. The fourth-order valence-corrected chi connectivity index (χ4v) is 5.18. The number of aryl methyl sites for hydroxylation is 2. The van der Waals surface area contributed by atoms with Crippen LogP contribution >= 0.6 is 0 Å². The van der Waals surface area contributed by atoms with Crippen LogP contribution in [0.2, 0.25) is 6.04 Å². The van der Waals surface area contributed by atoms with Crippen molar-refractivity contribution in [1.82, 2.24) is 4.57 Å². The maximum Gasteiger partial charge on any atom is 0.501 e. The van der Waals surface area contributed by atoms with Crippen molar-refractivity contribution in [3.8, 4) is 0 Å². The molecule has 1 rings (SSSR count). The van der Waals surface area contributed by atoms with Crippen LogP contribution in [0.4, 0.5) is 0 Å². The van der Waals surface area contributed by atoms with Crippen LogP contribution in [-0.4, -0.2) is 33.2 Å². The molecule has 0 bridgehead atoms. The lowest BCUT2D eigenvalue weighted by molar-refractivity contribution is -0.696. The number of hydrogen-bond donors (Lipinski definition) is 0. The van der Waals surface area contributed by atoms with Crippen LogP contribution < -0.4 is 4.57 Å². The first kappa shape index (κ1) is 20.4. The van der Waals surface area contributed by atoms with Gasteiger partial charge in [-0.3, -0.25) is 0 Å². The van der Waals surface area contributed by atoms with E-state index < -0.39 is 8.80 Å². The summed E-state index contributed by atoms with van der Waals surface area (Å²) >= 11 is 0. The monoisotopic (exact) mass is 343 g/mol. The van der Waals surface area contributed by atoms with Crippen molar-refractivity contribution in [2.75, 3.05) is 19.8 Å². The molecule has 0 spiro atoms. The summed E-state index contributed by atoms with van der Waals surface area (Å²) in [6.45, 7) is 14.5. The van der Waals surface area contributed by atoms with E-state index in [4.69, 9.17) is 13.3 Å². The number of hydrogen-bond acceptors (Lipinski definition) is 3. The molecule has 0 amide bonds. The summed E-state index contributed by atoms with van der Waals surface area (Å²) in [6.07, 6.45) is 8.70. The second kappa shape index (κ2) is 11.0. The number of nitrogens with zero attached hydrogens (tertiary/aromatic N) is 2. The fourth-order valence-electron chi connectivity index (χ4n) is 2.59. The van der Waals surface area contributed by atoms with Crippen molar-refractivity contribution in [3.05, 3.63) is 18.7 Å². The molecule has 0 saturated heterocycles. The lowest BCUT2D eigenvalue weighted by Crippen LogP contribution is -2.46. The van der Waals surface area contributed by atoms with Gasteiger partial charge in [-0.15, -0.1) is 0 Å². The largest absolute Gasteiger partial charge is 0.501 e. The molecule has 5 nitrogen and oxygen atoms in total. The van der Waals surface area contributed by atoms with E-state index in [1.807, 2.05) is 20.8 Å². The summed E-state index contributed by atoms with van der Waals surface area (Å²) < 4.78 is 22.2. The Morgan fingerprint density at radius 1 is 1.04 bits per heavy atom. The maximum atomic E-state index is 5.90. The van der Waals surface area contributed by atoms with Crippen LogP contribution in [0, 0.1) is 5.92 Å². The molecular weight excluding hydrogens is 308 g/mol. The average Bonchev–Trinajstić information content (AvgIpc) is 2.94. The van der Waals surface area contributed by atoms with Gasteiger partial charge in [0.05, 0.1) is 13.1 Å². The summed E-state index contributed by atoms with van der Waals surface area (Å²) in [5.41, 5.74) is 0. The number of rotatable bonds is 13. The lowest BCUT2D eigenvalue weighted by Gasteiger charge is -2.28. The summed E-state index contributed by atoms with van der Waals surface area (Å²) in [5.74, 6) is 0.737. The molecule has 1 heterocycles. The van der Waals surface area contributed by atoms with Gasteiger partial charge in [0.1, 0.15) is 12.4 Å². The highest BCUT2D eigenvalue weighted by molar-refractivity contribution is 6.60. The predicted molar refractivity (Wildman–Crippen MR) is 94.1 cm³/mol. The Morgan fingerprint density at radius 3 is 2.17 bits per heavy atom. The van der Waals surface area contributed by atoms with Gasteiger partial charge in [-0.05, 0) is 39.5 Å². The van der Waals surface area contributed by atoms with Crippen molar-refractivity contribution < 1.29 is 17.8 Å². The Balaban J connectivity index is 2.48. The van der Waals surface area contributed by atoms with Crippen molar-refractivity contribution >= 4 is 8.80 Å². The van der Waals surface area contributed by atoms with Crippen molar-refractivity contribution in [1.29, 1.82) is 0 Å². The molecule has 134 valence electrons. The highest BCUT2D eigenvalue weighted by Gasteiger charge is 2.39. The molecule has 0 aromatic carbocycles. The summed E-state index contributed by atoms with van der Waals surface area (Å²) in [7, 11) is -2.49. The summed E-state index contributed by atoms with van der Waals surface area (Å²) in [4.78, 5) is 0. The van der Waals surface area contributed by atoms with Crippen LogP contribution in [0.15, 0.2) is 18.7 Å². The van der Waals surface area contributed by atoms with E-state index in [0.29, 0.717) is 19.8 Å². The molecular formula is C17H35N2O3Si+. The zero-order chi connectivity index (χ0) is 17.1. The van der Waals surface area contributed by atoms with E-state index >= 15 is 0 Å². The topological polar surface area (TPSA) is 36.5 Å². The van der Waals surface area contributed by atoms with E-state index in [2.05, 4.69) is 41.7 Å². The van der Waals surface area contributed by atoms with E-state index in [0.717, 1.165) is 31.5 Å². The molecule has 0 aliphatic carbocycles. The first-order chi connectivity index (χ1) is 11.0. The molecule has 0 atom stereocenters. The first-order valence-electron chi connectivity index (χ1n) is 9.01. The Morgan fingerprint density at radius 2 is 1.65 bits per heavy atom. The maximum absolute atomic E-state index is 5.90. The van der Waals surface area contributed by atoms with E-state index in [1.165, 1.54) is 6.42 Å². The van der Waals surface area contributed by atoms with Crippen molar-refractivity contribution in [2.24, 2.45) is 5.92 Å². The minimum Gasteiger partial charge on any atom is -0.374 e. The molecule has 0 aliphatic heterocycles. The quantitative estimate of drug-likeness (QED) is 0.407. The van der Waals surface area contributed by atoms with Gasteiger partial charge in [0.25, 0.3) is 0 Å². The van der Waals surface area contributed by atoms with Crippen molar-refractivity contribution in [3.63, 3.8) is 0 Å². The average molecular weight is 344 g/mol. The number of aromatic nitrogens is 2. The van der Waals surface area contributed by atoms with E-state index in [1.54, 1.807) is 0 Å². The third-order valence-corrected chi connectivity index (χ3v) is 6.85. The minimum atomic E-state index is -2.49. The second-order valence-corrected chi connectivity index (χ2v) is 8.89. The van der Waals surface area contributed by atoms with Gasteiger partial charge in [0.15, 0.2) is 0 Å². The Labute approximate surface area is 142 Å². The SMILES string of the molecule is CCO[Si](CCC[n+]1ccn(CCC(C)C)c1)(OCC)OCC. The second-order valence-electron chi connectivity index (χ2n) is 6.16. The number of imidazole rings is 1. The smallest absolute Gasteiger partial charge is 0.374 e. The summed E-state index contributed by atoms with van der Waals surface area (Å²) in [6, 6.07) is 0.868. The van der Waals surface area contributed by atoms with Crippen LogP contribution in [0.3, 0.4) is 0 Å². The van der Waals surface area contributed by atoms with Crippen LogP contribution in [0.5, 0.6) is 0 Å². The third-order valence-electron chi connectivity index (χ3n) is 3.70. The van der Waals surface area contributed by atoms with Gasteiger partial charge >= 0.3 is 8.80 Å². The first-order valence-corrected chi connectivity index (χ1v) is 10.9. The summed E-state index contributed by atoms with van der Waals surface area (Å²) in [5, 5.41) is 0. The standard InChI is InChI=1S/C17H35N2O3Si/c1-6-20-23(21-7-2,22-8-3)15-9-11-18-13-14-19(16-18)12-10-17(4)5/h13-14,16-17H,6-12,15H2,1-5H3/q+1. The zero-order valence-corrected chi connectivity index (χ0v) is 16.6. The van der Waals surface area contributed by atoms with Gasteiger partial charge in [-0.25, -0.2) is 9.13 Å². The minimum absolute atomic E-state index is 0.644. The predicted octanol–water partition coefficient (Wildman–Crippen LogP) is 3.26. The molecule has 0 fully saturated rings. The van der Waals surface area contributed by atoms with Gasteiger partial charge in [0, 0.05) is 25.9 Å². The molecule has 0 radical (unpaired) electrons. The molecule has 6 heteroatoms. The van der Waals surface area contributed by atoms with Crippen molar-refractivity contribution in [2.45, 2.75) is 66.6 Å². The van der Waals surface area contributed by atoms with Gasteiger partial charge in [-0.1, -0.05) is 13.8 Å². The molecule has 0 N–H and O–H groups in total. The molecule has 0 unspecified atom stereocenters. The van der Waals surface area contributed by atoms with E-state index in [9.17, 15) is 0 Å². The third kappa shape index (κ3) is 7.61. The fraction of sp³-hybridized carbons (Fsp3) is 0.824. The zero-order valence-electron chi connectivity index (χ0n) is 15.6. The Kier molecular flexibility index (Phi) is 9.70. The highest BCUT2D eigenvalue weighted by Crippen LogP contribution is 2.18. The van der Waals surface area contributed by atoms with Crippen LogP contribution in [-0.2, 0) is 26.4 Å².